The van der Waals surface area contributed by atoms with Gasteiger partial charge in [-0.05, 0) is 56.5 Å². The Morgan fingerprint density at radius 3 is 2.57 bits per heavy atom. The average Bonchev–Trinajstić information content (AvgIpc) is 2.73. The van der Waals surface area contributed by atoms with Crippen molar-refractivity contribution in [2.75, 3.05) is 13.6 Å². The molecule has 0 aromatic heterocycles. The summed E-state index contributed by atoms with van der Waals surface area (Å²) in [6, 6.07) is 3.43. The van der Waals surface area contributed by atoms with Crippen molar-refractivity contribution >= 4 is 21.6 Å². The lowest BCUT2D eigenvalue weighted by atomic mass is 10.1. The van der Waals surface area contributed by atoms with Crippen molar-refractivity contribution in [1.29, 1.82) is 0 Å². The molecular weight excluding hydrogens is 308 g/mol. The summed E-state index contributed by atoms with van der Waals surface area (Å²) in [4.78, 5) is 0.334. The Morgan fingerprint density at radius 1 is 1.38 bits per heavy atom. The van der Waals surface area contributed by atoms with Crippen LogP contribution in [0.25, 0.3) is 0 Å². The minimum Gasteiger partial charge on any atom is -0.316 e. The number of sulfonamides is 1. The lowest BCUT2D eigenvalue weighted by Gasteiger charge is -2.23. The molecule has 118 valence electrons. The summed E-state index contributed by atoms with van der Waals surface area (Å²) in [6.45, 7) is 7.08. The number of benzene rings is 1. The van der Waals surface area contributed by atoms with E-state index in [1.807, 2.05) is 27.0 Å². The number of nitrogens with one attached hydrogen (secondary N) is 1. The highest BCUT2D eigenvalue weighted by atomic mass is 35.5. The second-order valence-electron chi connectivity index (χ2n) is 5.98. The zero-order valence-electron chi connectivity index (χ0n) is 13.0. The summed E-state index contributed by atoms with van der Waals surface area (Å²) in [5, 5.41) is 3.51. The largest absolute Gasteiger partial charge is 0.316 e. The number of hydrogen-bond acceptors (Lipinski definition) is 3. The molecule has 21 heavy (non-hydrogen) atoms. The first-order valence-electron chi connectivity index (χ1n) is 7.22. The summed E-state index contributed by atoms with van der Waals surface area (Å²) >= 11 is 6.12. The summed E-state index contributed by atoms with van der Waals surface area (Å²) in [5.74, 6) is 0.394. The van der Waals surface area contributed by atoms with Crippen LogP contribution in [0, 0.1) is 12.8 Å². The van der Waals surface area contributed by atoms with Gasteiger partial charge in [0.05, 0.1) is 4.90 Å². The topological polar surface area (TPSA) is 49.4 Å². The summed E-state index contributed by atoms with van der Waals surface area (Å²) in [7, 11) is -1.66. The van der Waals surface area contributed by atoms with Gasteiger partial charge >= 0.3 is 0 Å². The minimum atomic E-state index is -3.49. The molecule has 4 nitrogen and oxygen atoms in total. The molecule has 0 aliphatic carbocycles. The normalized spacial score (nSPS) is 23.7. The van der Waals surface area contributed by atoms with E-state index in [9.17, 15) is 8.42 Å². The zero-order chi connectivity index (χ0) is 15.8. The Balaban J connectivity index is 2.50. The van der Waals surface area contributed by atoms with Gasteiger partial charge in [-0.2, -0.15) is 4.31 Å². The van der Waals surface area contributed by atoms with E-state index in [0.717, 1.165) is 17.5 Å². The maximum atomic E-state index is 13.0. The van der Waals surface area contributed by atoms with Gasteiger partial charge in [0.15, 0.2) is 0 Å². The molecule has 1 aromatic carbocycles. The predicted molar refractivity (Wildman–Crippen MR) is 86.1 cm³/mol. The molecule has 0 saturated carbocycles. The van der Waals surface area contributed by atoms with E-state index < -0.39 is 10.0 Å². The fraction of sp³-hybridized carbons (Fsp3) is 0.600. The summed E-state index contributed by atoms with van der Waals surface area (Å²) < 4.78 is 27.5. The molecule has 1 aliphatic rings. The van der Waals surface area contributed by atoms with Gasteiger partial charge < -0.3 is 5.32 Å². The fourth-order valence-corrected chi connectivity index (χ4v) is 5.44. The quantitative estimate of drug-likeness (QED) is 0.923. The van der Waals surface area contributed by atoms with Crippen molar-refractivity contribution in [3.05, 3.63) is 28.3 Å². The third-order valence-corrected chi connectivity index (χ3v) is 6.44. The molecule has 6 heteroatoms. The first kappa shape index (κ1) is 16.7. The van der Waals surface area contributed by atoms with Crippen molar-refractivity contribution in [3.63, 3.8) is 0 Å². The van der Waals surface area contributed by atoms with Crippen LogP contribution in [0.4, 0.5) is 0 Å². The van der Waals surface area contributed by atoms with E-state index in [1.54, 1.807) is 10.4 Å². The van der Waals surface area contributed by atoms with Crippen molar-refractivity contribution in [1.82, 2.24) is 9.62 Å². The minimum absolute atomic E-state index is 0.0381. The van der Waals surface area contributed by atoms with Crippen LogP contribution in [-0.2, 0) is 16.6 Å². The van der Waals surface area contributed by atoms with Gasteiger partial charge in [-0.25, -0.2) is 8.42 Å². The number of rotatable bonds is 4. The fourth-order valence-electron chi connectivity index (χ4n) is 3.07. The Morgan fingerprint density at radius 2 is 2.05 bits per heavy atom. The van der Waals surface area contributed by atoms with Crippen LogP contribution < -0.4 is 5.32 Å². The Hall–Kier alpha value is -0.620. The van der Waals surface area contributed by atoms with Crippen molar-refractivity contribution in [2.45, 2.75) is 44.7 Å². The van der Waals surface area contributed by atoms with E-state index in [1.165, 1.54) is 0 Å². The van der Waals surface area contributed by atoms with Gasteiger partial charge in [0.2, 0.25) is 10.0 Å². The molecule has 0 radical (unpaired) electrons. The highest BCUT2D eigenvalue weighted by Crippen LogP contribution is 2.32. The van der Waals surface area contributed by atoms with Crippen LogP contribution in [-0.4, -0.2) is 32.4 Å². The van der Waals surface area contributed by atoms with Crippen molar-refractivity contribution in [2.24, 2.45) is 5.92 Å². The molecule has 0 amide bonds. The molecule has 2 unspecified atom stereocenters. The summed E-state index contributed by atoms with van der Waals surface area (Å²) in [5.41, 5.74) is 1.70. The average molecular weight is 331 g/mol. The van der Waals surface area contributed by atoms with Crippen LogP contribution in [0.1, 0.15) is 31.4 Å². The van der Waals surface area contributed by atoms with E-state index in [2.05, 4.69) is 12.2 Å². The van der Waals surface area contributed by atoms with Crippen LogP contribution >= 0.6 is 11.6 Å². The molecule has 2 atom stereocenters. The number of hydrogen-bond donors (Lipinski definition) is 1. The highest BCUT2D eigenvalue weighted by molar-refractivity contribution is 7.89. The van der Waals surface area contributed by atoms with Crippen molar-refractivity contribution < 1.29 is 8.42 Å². The van der Waals surface area contributed by atoms with E-state index in [0.29, 0.717) is 28.9 Å². The Bertz CT molecular complexity index is 631. The number of nitrogens with zero attached hydrogens (tertiary/aromatic N) is 1. The van der Waals surface area contributed by atoms with Crippen molar-refractivity contribution in [3.8, 4) is 0 Å². The SMILES string of the molecule is CNCc1cc(Cl)cc(S(=O)(=O)N2CC(C)CC2C)c1C. The van der Waals surface area contributed by atoms with Gasteiger partial charge in [-0.3, -0.25) is 0 Å². The van der Waals surface area contributed by atoms with Crippen LogP contribution in [0.5, 0.6) is 0 Å². The molecule has 1 fully saturated rings. The molecule has 2 rings (SSSR count). The second kappa shape index (κ2) is 6.24. The summed E-state index contributed by atoms with van der Waals surface area (Å²) in [6.07, 6.45) is 0.905. The smallest absolute Gasteiger partial charge is 0.243 e. The van der Waals surface area contributed by atoms with Crippen LogP contribution in [0.15, 0.2) is 17.0 Å². The second-order valence-corrected chi connectivity index (χ2v) is 8.28. The standard InChI is InChI=1S/C15H23ClN2O2S/c1-10-5-11(2)18(9-10)21(19,20)15-7-14(16)6-13(8-17-4)12(15)3/h6-7,10-11,17H,5,8-9H2,1-4H3. The van der Waals surface area contributed by atoms with Gasteiger partial charge in [0.1, 0.15) is 0 Å². The van der Waals surface area contributed by atoms with E-state index in [-0.39, 0.29) is 6.04 Å². The third kappa shape index (κ3) is 3.26. The number of halogens is 1. The van der Waals surface area contributed by atoms with Gasteiger partial charge in [-0.1, -0.05) is 18.5 Å². The monoisotopic (exact) mass is 330 g/mol. The first-order valence-corrected chi connectivity index (χ1v) is 9.04. The molecule has 0 bridgehead atoms. The lowest BCUT2D eigenvalue weighted by Crippen LogP contribution is -2.34. The molecule has 1 aliphatic heterocycles. The van der Waals surface area contributed by atoms with Gasteiger partial charge in [0.25, 0.3) is 0 Å². The molecule has 1 saturated heterocycles. The van der Waals surface area contributed by atoms with Crippen LogP contribution in [0.3, 0.4) is 0 Å². The van der Waals surface area contributed by atoms with Crippen LogP contribution in [0.2, 0.25) is 5.02 Å². The predicted octanol–water partition coefficient (Wildman–Crippen LogP) is 2.79. The lowest BCUT2D eigenvalue weighted by molar-refractivity contribution is 0.405. The van der Waals surface area contributed by atoms with Gasteiger partial charge in [0, 0.05) is 24.2 Å². The molecule has 0 spiro atoms. The molecule has 1 heterocycles. The molecule has 1 aromatic rings. The van der Waals surface area contributed by atoms with E-state index in [4.69, 9.17) is 11.6 Å². The maximum Gasteiger partial charge on any atom is 0.243 e. The molecule has 1 N–H and O–H groups in total. The highest BCUT2D eigenvalue weighted by Gasteiger charge is 2.37. The zero-order valence-corrected chi connectivity index (χ0v) is 14.6. The Kier molecular flexibility index (Phi) is 4.98. The Labute approximate surface area is 132 Å². The first-order chi connectivity index (χ1) is 9.77. The molecular formula is C15H23ClN2O2S. The van der Waals surface area contributed by atoms with Gasteiger partial charge in [-0.15, -0.1) is 0 Å². The maximum absolute atomic E-state index is 13.0. The third-order valence-electron chi connectivity index (χ3n) is 4.11. The van der Waals surface area contributed by atoms with E-state index >= 15 is 0 Å².